The topological polar surface area (TPSA) is 69.7 Å². The number of hydrogen-bond acceptors (Lipinski definition) is 5. The van der Waals surface area contributed by atoms with E-state index in [2.05, 4.69) is 50.2 Å². The highest BCUT2D eigenvalue weighted by molar-refractivity contribution is 8.18. The highest BCUT2D eigenvalue weighted by Gasteiger charge is 2.37. The van der Waals surface area contributed by atoms with Gasteiger partial charge in [-0.25, -0.2) is 0 Å². The van der Waals surface area contributed by atoms with Crippen LogP contribution in [0.15, 0.2) is 41.3 Å². The van der Waals surface area contributed by atoms with Crippen LogP contribution in [0.25, 0.3) is 6.08 Å². The molecule has 2 heterocycles. The molecule has 1 saturated heterocycles. The summed E-state index contributed by atoms with van der Waals surface area (Å²) in [5.41, 5.74) is 6.21. The maximum Gasteiger partial charge on any atom is 0.294 e. The zero-order valence-electron chi connectivity index (χ0n) is 20.6. The number of rotatable bonds is 4. The molecular formula is C27H31N3O3S. The van der Waals surface area contributed by atoms with Crippen molar-refractivity contribution in [3.05, 3.63) is 63.6 Å². The molecule has 1 N–H and O–H groups in total. The molecule has 2 aromatic carbocycles. The van der Waals surface area contributed by atoms with Gasteiger partial charge in [0.05, 0.1) is 4.91 Å². The molecule has 0 radical (unpaired) electrons. The lowest BCUT2D eigenvalue weighted by Crippen LogP contribution is -2.45. The summed E-state index contributed by atoms with van der Waals surface area (Å²) in [6.45, 7) is 10.4. The van der Waals surface area contributed by atoms with Gasteiger partial charge in [-0.2, -0.15) is 0 Å². The molecule has 7 heteroatoms. The number of hydrogen-bond donors (Lipinski definition) is 1. The third kappa shape index (κ3) is 4.62. The minimum Gasteiger partial charge on any atom is -0.369 e. The van der Waals surface area contributed by atoms with E-state index in [-0.39, 0.29) is 12.1 Å². The second-order valence-corrected chi connectivity index (χ2v) is 10.9. The summed E-state index contributed by atoms with van der Waals surface area (Å²) in [5, 5.41) is 2.34. The van der Waals surface area contributed by atoms with Crippen LogP contribution < -0.4 is 10.2 Å². The minimum atomic E-state index is -0.436. The SMILES string of the molecule is Cc1ccc(NC(=O)CN2C(=O)S/C(=C\c3ccc4c(c3)[C@H](C)CC(C)(C)N4C)C2=O)cc1C. The van der Waals surface area contributed by atoms with Gasteiger partial charge in [-0.3, -0.25) is 19.3 Å². The van der Waals surface area contributed by atoms with Crippen LogP contribution in [0.3, 0.4) is 0 Å². The van der Waals surface area contributed by atoms with E-state index in [0.29, 0.717) is 16.5 Å². The zero-order valence-corrected chi connectivity index (χ0v) is 21.4. The Morgan fingerprint density at radius 1 is 1.15 bits per heavy atom. The Bertz CT molecular complexity index is 1220. The number of carbonyl (C=O) groups excluding carboxylic acids is 3. The van der Waals surface area contributed by atoms with Gasteiger partial charge >= 0.3 is 0 Å². The lowest BCUT2D eigenvalue weighted by atomic mass is 9.80. The van der Waals surface area contributed by atoms with Gasteiger partial charge in [0.1, 0.15) is 6.54 Å². The summed E-state index contributed by atoms with van der Waals surface area (Å²) in [4.78, 5) is 41.6. The molecule has 0 unspecified atom stereocenters. The fraction of sp³-hybridized carbons (Fsp3) is 0.370. The Morgan fingerprint density at radius 2 is 1.88 bits per heavy atom. The monoisotopic (exact) mass is 477 g/mol. The number of benzene rings is 2. The van der Waals surface area contributed by atoms with Crippen molar-refractivity contribution in [3.8, 4) is 0 Å². The van der Waals surface area contributed by atoms with Crippen LogP contribution in [0.1, 0.15) is 55.4 Å². The maximum absolute atomic E-state index is 12.9. The number of imide groups is 1. The highest BCUT2D eigenvalue weighted by atomic mass is 32.2. The summed E-state index contributed by atoms with van der Waals surface area (Å²) in [6, 6.07) is 11.8. The lowest BCUT2D eigenvalue weighted by molar-refractivity contribution is -0.127. The van der Waals surface area contributed by atoms with E-state index >= 15 is 0 Å². The molecule has 2 aliphatic rings. The Hall–Kier alpha value is -3.06. The molecular weight excluding hydrogens is 446 g/mol. The lowest BCUT2D eigenvalue weighted by Gasteiger charge is -2.45. The van der Waals surface area contributed by atoms with Gasteiger partial charge in [0.2, 0.25) is 5.91 Å². The van der Waals surface area contributed by atoms with E-state index in [0.717, 1.165) is 39.8 Å². The molecule has 0 bridgehead atoms. The van der Waals surface area contributed by atoms with Crippen LogP contribution in [0.4, 0.5) is 16.2 Å². The molecule has 2 aliphatic heterocycles. The molecule has 1 atom stereocenters. The molecule has 4 rings (SSSR count). The van der Waals surface area contributed by atoms with Gasteiger partial charge in [0.15, 0.2) is 0 Å². The first-order valence-corrected chi connectivity index (χ1v) is 12.3. The molecule has 1 fully saturated rings. The Labute approximate surface area is 205 Å². The first kappa shape index (κ1) is 24.1. The van der Waals surface area contributed by atoms with E-state index in [9.17, 15) is 14.4 Å². The minimum absolute atomic E-state index is 0.0778. The van der Waals surface area contributed by atoms with E-state index in [1.54, 1.807) is 6.08 Å². The zero-order chi connectivity index (χ0) is 24.8. The summed E-state index contributed by atoms with van der Waals surface area (Å²) in [6.07, 6.45) is 2.78. The molecule has 178 valence electrons. The van der Waals surface area contributed by atoms with Crippen molar-refractivity contribution in [2.75, 3.05) is 23.8 Å². The van der Waals surface area contributed by atoms with Gasteiger partial charge in [0.25, 0.3) is 11.1 Å². The molecule has 0 saturated carbocycles. The number of anilines is 2. The van der Waals surface area contributed by atoms with E-state index in [1.807, 2.05) is 38.1 Å². The second kappa shape index (κ2) is 8.95. The van der Waals surface area contributed by atoms with Crippen molar-refractivity contribution in [3.63, 3.8) is 0 Å². The van der Waals surface area contributed by atoms with Crippen molar-refractivity contribution in [2.45, 2.75) is 52.5 Å². The Morgan fingerprint density at radius 3 is 2.59 bits per heavy atom. The smallest absolute Gasteiger partial charge is 0.294 e. The molecule has 0 aliphatic carbocycles. The first-order chi connectivity index (χ1) is 16.0. The van der Waals surface area contributed by atoms with Crippen LogP contribution in [-0.2, 0) is 9.59 Å². The van der Waals surface area contributed by atoms with Gasteiger partial charge in [0, 0.05) is 24.0 Å². The van der Waals surface area contributed by atoms with Crippen molar-refractivity contribution in [2.24, 2.45) is 0 Å². The van der Waals surface area contributed by atoms with Crippen molar-refractivity contribution < 1.29 is 14.4 Å². The molecule has 3 amide bonds. The Balaban J connectivity index is 1.49. The maximum atomic E-state index is 12.9. The molecule has 0 spiro atoms. The molecule has 34 heavy (non-hydrogen) atoms. The molecule has 0 aromatic heterocycles. The third-order valence-corrected chi connectivity index (χ3v) is 7.83. The third-order valence-electron chi connectivity index (χ3n) is 6.92. The van der Waals surface area contributed by atoms with Gasteiger partial charge in [-0.15, -0.1) is 0 Å². The Kier molecular flexibility index (Phi) is 6.34. The number of nitrogens with one attached hydrogen (secondary N) is 1. The fourth-order valence-electron chi connectivity index (χ4n) is 4.64. The second-order valence-electron chi connectivity index (χ2n) is 9.91. The van der Waals surface area contributed by atoms with Gasteiger partial charge in [-0.1, -0.05) is 19.1 Å². The van der Waals surface area contributed by atoms with E-state index < -0.39 is 17.1 Å². The number of fused-ring (bicyclic) bond motifs is 1. The molecule has 6 nitrogen and oxygen atoms in total. The predicted octanol–water partition coefficient (Wildman–Crippen LogP) is 5.70. The van der Waals surface area contributed by atoms with E-state index in [1.165, 1.54) is 11.3 Å². The number of thioether (sulfide) groups is 1. The highest BCUT2D eigenvalue weighted by Crippen LogP contribution is 2.43. The predicted molar refractivity (Wildman–Crippen MR) is 139 cm³/mol. The fourth-order valence-corrected chi connectivity index (χ4v) is 5.47. The summed E-state index contributed by atoms with van der Waals surface area (Å²) in [7, 11) is 2.11. The van der Waals surface area contributed by atoms with Gasteiger partial charge < -0.3 is 10.2 Å². The van der Waals surface area contributed by atoms with Gasteiger partial charge in [-0.05, 0) is 104 Å². The first-order valence-electron chi connectivity index (χ1n) is 11.5. The van der Waals surface area contributed by atoms with Crippen LogP contribution in [0.5, 0.6) is 0 Å². The molecule has 2 aromatic rings. The quantitative estimate of drug-likeness (QED) is 0.572. The number of aryl methyl sites for hydroxylation is 2. The van der Waals surface area contributed by atoms with Crippen LogP contribution in [0, 0.1) is 13.8 Å². The number of amides is 3. The summed E-state index contributed by atoms with van der Waals surface area (Å²) >= 11 is 0.876. The number of carbonyl (C=O) groups is 3. The normalized spacial score (nSPS) is 20.6. The largest absolute Gasteiger partial charge is 0.369 e. The average molecular weight is 478 g/mol. The summed E-state index contributed by atoms with van der Waals surface area (Å²) in [5.74, 6) is -0.451. The average Bonchev–Trinajstić information content (AvgIpc) is 3.02. The summed E-state index contributed by atoms with van der Waals surface area (Å²) < 4.78 is 0. The van der Waals surface area contributed by atoms with Crippen molar-refractivity contribution >= 4 is 46.3 Å². The standard InChI is InChI=1S/C27H31N3O3S/c1-16-7-9-20(11-17(16)2)28-24(31)15-30-25(32)23(34-26(30)33)13-19-8-10-22-21(12-19)18(3)14-27(4,5)29(22)6/h7-13,18H,14-15H2,1-6H3,(H,28,31)/b23-13-/t18-/m1/s1. The van der Waals surface area contributed by atoms with Crippen molar-refractivity contribution in [1.29, 1.82) is 0 Å². The van der Waals surface area contributed by atoms with Crippen molar-refractivity contribution in [1.82, 2.24) is 4.90 Å². The van der Waals surface area contributed by atoms with Crippen LogP contribution in [-0.4, -0.2) is 41.1 Å². The number of nitrogens with zero attached hydrogens (tertiary/aromatic N) is 2. The van der Waals surface area contributed by atoms with Crippen LogP contribution >= 0.6 is 11.8 Å². The van der Waals surface area contributed by atoms with E-state index in [4.69, 9.17) is 0 Å². The van der Waals surface area contributed by atoms with Crippen LogP contribution in [0.2, 0.25) is 0 Å².